The molecule has 0 N–H and O–H groups in total. The first kappa shape index (κ1) is 20.0. The Labute approximate surface area is 190 Å². The molecule has 2 atom stereocenters. The SMILES string of the molecule is O=C1CC2(CCN(C(=O)CC3CSc4nc5c(c(=O)n43)CCCC5)C2)Oc2ccccc21. The number of thioether (sulfide) groups is 1. The Kier molecular flexibility index (Phi) is 4.68. The monoisotopic (exact) mass is 451 g/mol. The molecular weight excluding hydrogens is 426 g/mol. The van der Waals surface area contributed by atoms with Crippen LogP contribution in [0.3, 0.4) is 0 Å². The van der Waals surface area contributed by atoms with Crippen LogP contribution in [0.25, 0.3) is 0 Å². The van der Waals surface area contributed by atoms with Crippen molar-refractivity contribution in [2.75, 3.05) is 18.8 Å². The van der Waals surface area contributed by atoms with Crippen molar-refractivity contribution in [3.05, 3.63) is 51.4 Å². The van der Waals surface area contributed by atoms with Crippen LogP contribution in [-0.2, 0) is 17.6 Å². The fourth-order valence-corrected chi connectivity index (χ4v) is 6.68. The summed E-state index contributed by atoms with van der Waals surface area (Å²) in [5, 5.41) is 0.754. The zero-order chi connectivity index (χ0) is 21.9. The number of nitrogens with zero attached hydrogens (tertiary/aromatic N) is 3. The van der Waals surface area contributed by atoms with Crippen molar-refractivity contribution in [2.24, 2.45) is 0 Å². The highest BCUT2D eigenvalue weighted by Gasteiger charge is 2.47. The molecule has 4 heterocycles. The normalized spacial score (nSPS) is 25.9. The highest BCUT2D eigenvalue weighted by molar-refractivity contribution is 7.99. The average molecular weight is 452 g/mol. The molecule has 8 heteroatoms. The molecule has 1 amide bonds. The molecule has 0 saturated carbocycles. The molecule has 1 spiro atoms. The number of aromatic nitrogens is 2. The van der Waals surface area contributed by atoms with E-state index in [9.17, 15) is 14.4 Å². The molecule has 0 radical (unpaired) electrons. The molecule has 1 saturated heterocycles. The third kappa shape index (κ3) is 3.18. The maximum atomic E-state index is 13.2. The van der Waals surface area contributed by atoms with Gasteiger partial charge in [-0.3, -0.25) is 19.0 Å². The minimum Gasteiger partial charge on any atom is -0.484 e. The largest absolute Gasteiger partial charge is 0.484 e. The van der Waals surface area contributed by atoms with Crippen molar-refractivity contribution >= 4 is 23.5 Å². The molecule has 7 nitrogen and oxygen atoms in total. The minimum atomic E-state index is -0.638. The van der Waals surface area contributed by atoms with Gasteiger partial charge in [-0.25, -0.2) is 4.98 Å². The zero-order valence-corrected chi connectivity index (χ0v) is 18.7. The minimum absolute atomic E-state index is 0.0138. The smallest absolute Gasteiger partial charge is 0.257 e. The Bertz CT molecular complexity index is 1190. The highest BCUT2D eigenvalue weighted by Crippen LogP contribution is 2.40. The number of carbonyl (C=O) groups excluding carboxylic acids is 2. The molecule has 3 aliphatic heterocycles. The lowest BCUT2D eigenvalue weighted by Gasteiger charge is -2.34. The van der Waals surface area contributed by atoms with E-state index in [4.69, 9.17) is 9.72 Å². The van der Waals surface area contributed by atoms with Gasteiger partial charge in [0.2, 0.25) is 5.91 Å². The lowest BCUT2D eigenvalue weighted by molar-refractivity contribution is -0.131. The van der Waals surface area contributed by atoms with Gasteiger partial charge < -0.3 is 9.64 Å². The van der Waals surface area contributed by atoms with E-state index in [1.165, 1.54) is 0 Å². The average Bonchev–Trinajstić information content (AvgIpc) is 3.38. The van der Waals surface area contributed by atoms with Crippen LogP contribution in [0.15, 0.2) is 34.2 Å². The van der Waals surface area contributed by atoms with Crippen LogP contribution in [0.1, 0.15) is 59.8 Å². The van der Waals surface area contributed by atoms with Crippen molar-refractivity contribution in [3.63, 3.8) is 0 Å². The van der Waals surface area contributed by atoms with E-state index in [1.54, 1.807) is 27.3 Å². The molecule has 166 valence electrons. The molecule has 1 fully saturated rings. The van der Waals surface area contributed by atoms with Gasteiger partial charge in [-0.15, -0.1) is 0 Å². The lowest BCUT2D eigenvalue weighted by atomic mass is 9.89. The third-order valence-corrected chi connectivity index (χ3v) is 8.30. The maximum Gasteiger partial charge on any atom is 0.257 e. The number of para-hydroxylation sites is 1. The second kappa shape index (κ2) is 7.47. The quantitative estimate of drug-likeness (QED) is 0.653. The summed E-state index contributed by atoms with van der Waals surface area (Å²) in [7, 11) is 0. The van der Waals surface area contributed by atoms with E-state index in [1.807, 2.05) is 18.2 Å². The number of hydrogen-bond donors (Lipinski definition) is 0. The van der Waals surface area contributed by atoms with Gasteiger partial charge in [0.1, 0.15) is 11.4 Å². The summed E-state index contributed by atoms with van der Waals surface area (Å²) in [5.41, 5.74) is 1.82. The highest BCUT2D eigenvalue weighted by atomic mass is 32.2. The number of aryl methyl sites for hydroxylation is 1. The van der Waals surface area contributed by atoms with Gasteiger partial charge in [0.05, 0.1) is 30.3 Å². The summed E-state index contributed by atoms with van der Waals surface area (Å²) in [6.45, 7) is 0.980. The predicted octanol–water partition coefficient (Wildman–Crippen LogP) is 2.80. The van der Waals surface area contributed by atoms with E-state index in [2.05, 4.69) is 0 Å². The van der Waals surface area contributed by atoms with Crippen LogP contribution in [0, 0.1) is 0 Å². The maximum absolute atomic E-state index is 13.2. The number of ether oxygens (including phenoxy) is 1. The Morgan fingerprint density at radius 3 is 2.97 bits per heavy atom. The van der Waals surface area contributed by atoms with Crippen molar-refractivity contribution in [2.45, 2.75) is 61.7 Å². The fourth-order valence-electron chi connectivity index (χ4n) is 5.52. The number of benzene rings is 1. The second-order valence-electron chi connectivity index (χ2n) is 9.32. The lowest BCUT2D eigenvalue weighted by Crippen LogP contribution is -2.45. The molecule has 1 aromatic heterocycles. The molecule has 2 unspecified atom stereocenters. The van der Waals surface area contributed by atoms with Crippen LogP contribution in [-0.4, -0.2) is 50.6 Å². The topological polar surface area (TPSA) is 81.5 Å². The van der Waals surface area contributed by atoms with Gasteiger partial charge in [0, 0.05) is 30.7 Å². The van der Waals surface area contributed by atoms with Gasteiger partial charge in [-0.1, -0.05) is 23.9 Å². The number of rotatable bonds is 2. The van der Waals surface area contributed by atoms with E-state index in [-0.39, 0.29) is 29.7 Å². The number of fused-ring (bicyclic) bond motifs is 3. The summed E-state index contributed by atoms with van der Waals surface area (Å²) in [5.74, 6) is 1.39. The molecule has 1 aromatic carbocycles. The van der Waals surface area contributed by atoms with Crippen molar-refractivity contribution in [3.8, 4) is 5.75 Å². The van der Waals surface area contributed by atoms with Gasteiger partial charge in [-0.05, 0) is 37.8 Å². The first-order valence-corrected chi connectivity index (χ1v) is 12.4. The molecule has 32 heavy (non-hydrogen) atoms. The molecule has 4 aliphatic rings. The van der Waals surface area contributed by atoms with Crippen LogP contribution in [0.2, 0.25) is 0 Å². The number of amides is 1. The summed E-state index contributed by atoms with van der Waals surface area (Å²) in [6.07, 6.45) is 4.99. The fraction of sp³-hybridized carbons (Fsp3) is 0.500. The Morgan fingerprint density at radius 1 is 1.22 bits per heavy atom. The summed E-state index contributed by atoms with van der Waals surface area (Å²) < 4.78 is 8.01. The summed E-state index contributed by atoms with van der Waals surface area (Å²) in [4.78, 5) is 45.6. The van der Waals surface area contributed by atoms with Crippen LogP contribution < -0.4 is 10.3 Å². The standard InChI is InChI=1S/C24H25N3O4S/c28-19-12-24(31-20-8-4-2-6-17(19)20)9-10-26(14-24)21(29)11-15-13-32-23-25-18-7-3-1-5-16(18)22(30)27(15)23/h2,4,6,8,15H,1,3,5,7,9-14H2. The molecule has 2 aromatic rings. The number of Topliss-reactive ketones (excluding diaryl/α,β-unsaturated/α-hetero) is 1. The predicted molar refractivity (Wildman–Crippen MR) is 119 cm³/mol. The van der Waals surface area contributed by atoms with Crippen LogP contribution in [0.5, 0.6) is 5.75 Å². The number of likely N-dealkylation sites (tertiary alicyclic amines) is 1. The van der Waals surface area contributed by atoms with E-state index in [0.717, 1.165) is 42.1 Å². The number of carbonyl (C=O) groups is 2. The van der Waals surface area contributed by atoms with Crippen molar-refractivity contribution < 1.29 is 14.3 Å². The second-order valence-corrected chi connectivity index (χ2v) is 10.3. The first-order valence-electron chi connectivity index (χ1n) is 11.4. The van der Waals surface area contributed by atoms with Gasteiger partial charge >= 0.3 is 0 Å². The van der Waals surface area contributed by atoms with Gasteiger partial charge in [0.15, 0.2) is 10.9 Å². The van der Waals surface area contributed by atoms with Gasteiger partial charge in [-0.2, -0.15) is 0 Å². The molecule has 1 aliphatic carbocycles. The third-order valence-electron chi connectivity index (χ3n) is 7.20. The number of hydrogen-bond acceptors (Lipinski definition) is 6. The van der Waals surface area contributed by atoms with Gasteiger partial charge in [0.25, 0.3) is 5.56 Å². The summed E-state index contributed by atoms with van der Waals surface area (Å²) in [6, 6.07) is 7.16. The molecular formula is C24H25N3O4S. The zero-order valence-electron chi connectivity index (χ0n) is 17.8. The Balaban J connectivity index is 1.19. The van der Waals surface area contributed by atoms with Crippen LogP contribution >= 0.6 is 11.8 Å². The van der Waals surface area contributed by atoms with E-state index in [0.29, 0.717) is 43.0 Å². The van der Waals surface area contributed by atoms with E-state index < -0.39 is 5.60 Å². The molecule has 6 rings (SSSR count). The summed E-state index contributed by atoms with van der Waals surface area (Å²) >= 11 is 1.57. The van der Waals surface area contributed by atoms with Crippen molar-refractivity contribution in [1.29, 1.82) is 0 Å². The van der Waals surface area contributed by atoms with Crippen LogP contribution in [0.4, 0.5) is 0 Å². The Morgan fingerprint density at radius 2 is 2.06 bits per heavy atom. The number of ketones is 1. The first-order chi connectivity index (χ1) is 15.5. The Hall–Kier alpha value is -2.61. The van der Waals surface area contributed by atoms with E-state index >= 15 is 0 Å². The van der Waals surface area contributed by atoms with Crippen molar-refractivity contribution in [1.82, 2.24) is 14.5 Å². The molecule has 0 bridgehead atoms.